The van der Waals surface area contributed by atoms with Gasteiger partial charge in [0.05, 0.1) is 5.69 Å². The van der Waals surface area contributed by atoms with Gasteiger partial charge in [0.15, 0.2) is 0 Å². The van der Waals surface area contributed by atoms with Crippen LogP contribution in [0.25, 0.3) is 0 Å². The number of benzene rings is 1. The van der Waals surface area contributed by atoms with Gasteiger partial charge >= 0.3 is 0 Å². The van der Waals surface area contributed by atoms with Gasteiger partial charge in [-0.2, -0.15) is 0 Å². The fourth-order valence-corrected chi connectivity index (χ4v) is 1.28. The Bertz CT molecular complexity index is 331. The first-order valence-corrected chi connectivity index (χ1v) is 3.94. The molecule has 0 atom stereocenters. The van der Waals surface area contributed by atoms with E-state index in [1.807, 2.05) is 30.3 Å². The van der Waals surface area contributed by atoms with Crippen molar-refractivity contribution in [2.45, 2.75) is 6.92 Å². The molecular weight excluding hydrogens is 150 g/mol. The van der Waals surface area contributed by atoms with E-state index in [2.05, 4.69) is 13.0 Å². The molecule has 0 bridgehead atoms. The minimum absolute atomic E-state index is 0.922. The van der Waals surface area contributed by atoms with E-state index in [4.69, 9.17) is 4.74 Å². The van der Waals surface area contributed by atoms with Crippen LogP contribution in [0.2, 0.25) is 0 Å². The molecule has 0 radical (unpaired) electrons. The molecule has 0 amide bonds. The maximum atomic E-state index is 5.33. The number of ether oxygens (including phenoxy) is 1. The van der Waals surface area contributed by atoms with Gasteiger partial charge in [-0.25, -0.2) is 0 Å². The molecule has 0 saturated heterocycles. The van der Waals surface area contributed by atoms with E-state index in [-0.39, 0.29) is 0 Å². The maximum absolute atomic E-state index is 5.33. The van der Waals surface area contributed by atoms with Gasteiger partial charge < -0.3 is 9.64 Å². The van der Waals surface area contributed by atoms with Crippen LogP contribution in [0.1, 0.15) is 5.56 Å². The molecule has 2 rings (SSSR count). The first-order chi connectivity index (χ1) is 5.77. The summed E-state index contributed by atoms with van der Waals surface area (Å²) in [7, 11) is 2.01. The van der Waals surface area contributed by atoms with E-state index >= 15 is 0 Å². The summed E-state index contributed by atoms with van der Waals surface area (Å²) in [5.74, 6) is 0.922. The summed E-state index contributed by atoms with van der Waals surface area (Å²) >= 11 is 0. The second-order valence-electron chi connectivity index (χ2n) is 2.99. The van der Waals surface area contributed by atoms with Crippen LogP contribution in [0.4, 0.5) is 5.69 Å². The molecule has 0 unspecified atom stereocenters. The number of hydrogen-bond donors (Lipinski definition) is 0. The molecule has 1 aliphatic rings. The van der Waals surface area contributed by atoms with Gasteiger partial charge in [0.1, 0.15) is 12.0 Å². The second kappa shape index (κ2) is 2.55. The monoisotopic (exact) mass is 161 g/mol. The Morgan fingerprint density at radius 2 is 2.17 bits per heavy atom. The van der Waals surface area contributed by atoms with Gasteiger partial charge in [0.25, 0.3) is 0 Å². The summed E-state index contributed by atoms with van der Waals surface area (Å²) in [6, 6.07) is 6.15. The van der Waals surface area contributed by atoms with Crippen molar-refractivity contribution in [3.63, 3.8) is 0 Å². The molecule has 0 saturated carbocycles. The van der Waals surface area contributed by atoms with Crippen LogP contribution in [0.3, 0.4) is 0 Å². The van der Waals surface area contributed by atoms with Crippen LogP contribution in [0, 0.1) is 6.92 Å². The molecule has 62 valence electrons. The molecule has 0 aliphatic carbocycles. The Morgan fingerprint density at radius 1 is 1.33 bits per heavy atom. The van der Waals surface area contributed by atoms with Gasteiger partial charge in [-0.15, -0.1) is 0 Å². The molecule has 2 heteroatoms. The van der Waals surface area contributed by atoms with Crippen molar-refractivity contribution < 1.29 is 4.74 Å². The highest BCUT2D eigenvalue weighted by molar-refractivity contribution is 5.62. The standard InChI is InChI=1S/C10H11NO/c1-8-3-4-10-9(7-8)11(2)5-6-12-10/h3-7H,1-2H3. The predicted octanol–water partition coefficient (Wildman–Crippen LogP) is 2.29. The van der Waals surface area contributed by atoms with Crippen LogP contribution < -0.4 is 9.64 Å². The molecule has 12 heavy (non-hydrogen) atoms. The SMILES string of the molecule is Cc1ccc2c(c1)N(C)C=CO2. The molecule has 1 aromatic rings. The first-order valence-electron chi connectivity index (χ1n) is 3.94. The average molecular weight is 161 g/mol. The van der Waals surface area contributed by atoms with Crippen molar-refractivity contribution in [3.8, 4) is 5.75 Å². The van der Waals surface area contributed by atoms with Gasteiger partial charge in [-0.1, -0.05) is 6.07 Å². The third kappa shape index (κ3) is 1.05. The first kappa shape index (κ1) is 7.22. The van der Waals surface area contributed by atoms with Crippen LogP contribution in [0.15, 0.2) is 30.7 Å². The smallest absolute Gasteiger partial charge is 0.150 e. The van der Waals surface area contributed by atoms with Crippen LogP contribution in [-0.4, -0.2) is 7.05 Å². The fourth-order valence-electron chi connectivity index (χ4n) is 1.28. The minimum Gasteiger partial charge on any atom is -0.461 e. The summed E-state index contributed by atoms with van der Waals surface area (Å²) in [5.41, 5.74) is 2.37. The van der Waals surface area contributed by atoms with Crippen molar-refractivity contribution in [1.29, 1.82) is 0 Å². The zero-order chi connectivity index (χ0) is 8.55. The average Bonchev–Trinajstić information content (AvgIpc) is 2.07. The lowest BCUT2D eigenvalue weighted by Crippen LogP contribution is -2.13. The van der Waals surface area contributed by atoms with Crippen molar-refractivity contribution in [3.05, 3.63) is 36.2 Å². The molecule has 0 N–H and O–H groups in total. The Morgan fingerprint density at radius 3 is 3.00 bits per heavy atom. The predicted molar refractivity (Wildman–Crippen MR) is 49.4 cm³/mol. The largest absolute Gasteiger partial charge is 0.461 e. The zero-order valence-corrected chi connectivity index (χ0v) is 7.24. The van der Waals surface area contributed by atoms with E-state index in [0.717, 1.165) is 11.4 Å². The van der Waals surface area contributed by atoms with E-state index in [1.54, 1.807) is 6.26 Å². The summed E-state index contributed by atoms with van der Waals surface area (Å²) < 4.78 is 5.33. The fraction of sp³-hybridized carbons (Fsp3) is 0.200. The molecular formula is C10H11NO. The molecule has 1 aliphatic heterocycles. The van der Waals surface area contributed by atoms with E-state index < -0.39 is 0 Å². The lowest BCUT2D eigenvalue weighted by Gasteiger charge is -2.21. The highest BCUT2D eigenvalue weighted by atomic mass is 16.5. The van der Waals surface area contributed by atoms with Crippen molar-refractivity contribution in [2.75, 3.05) is 11.9 Å². The summed E-state index contributed by atoms with van der Waals surface area (Å²) in [6.07, 6.45) is 3.60. The topological polar surface area (TPSA) is 12.5 Å². The van der Waals surface area contributed by atoms with E-state index in [0.29, 0.717) is 0 Å². The normalized spacial score (nSPS) is 14.0. The molecule has 1 aromatic carbocycles. The van der Waals surface area contributed by atoms with E-state index in [1.165, 1.54) is 5.56 Å². The zero-order valence-electron chi connectivity index (χ0n) is 7.24. The summed E-state index contributed by atoms with van der Waals surface area (Å²) in [5, 5.41) is 0. The lowest BCUT2D eigenvalue weighted by molar-refractivity contribution is 0.471. The van der Waals surface area contributed by atoms with Crippen LogP contribution in [-0.2, 0) is 0 Å². The van der Waals surface area contributed by atoms with E-state index in [9.17, 15) is 0 Å². The van der Waals surface area contributed by atoms with Gasteiger partial charge in [0, 0.05) is 13.2 Å². The molecule has 2 nitrogen and oxygen atoms in total. The van der Waals surface area contributed by atoms with Crippen LogP contribution >= 0.6 is 0 Å². The number of fused-ring (bicyclic) bond motifs is 1. The van der Waals surface area contributed by atoms with Crippen molar-refractivity contribution in [2.24, 2.45) is 0 Å². The van der Waals surface area contributed by atoms with Gasteiger partial charge in [0.2, 0.25) is 0 Å². The van der Waals surface area contributed by atoms with Gasteiger partial charge in [-0.3, -0.25) is 0 Å². The van der Waals surface area contributed by atoms with Gasteiger partial charge in [-0.05, 0) is 24.6 Å². The molecule has 0 fully saturated rings. The minimum atomic E-state index is 0.922. The van der Waals surface area contributed by atoms with Crippen molar-refractivity contribution in [1.82, 2.24) is 0 Å². The Hall–Kier alpha value is -1.44. The summed E-state index contributed by atoms with van der Waals surface area (Å²) in [6.45, 7) is 2.08. The Labute approximate surface area is 72.1 Å². The van der Waals surface area contributed by atoms with Crippen molar-refractivity contribution >= 4 is 5.69 Å². The quantitative estimate of drug-likeness (QED) is 0.579. The molecule has 0 spiro atoms. The van der Waals surface area contributed by atoms with Crippen LogP contribution in [0.5, 0.6) is 5.75 Å². The number of nitrogens with zero attached hydrogens (tertiary/aromatic N) is 1. The maximum Gasteiger partial charge on any atom is 0.150 e. The number of anilines is 1. The number of rotatable bonds is 0. The third-order valence-electron chi connectivity index (χ3n) is 1.97. The molecule has 0 aromatic heterocycles. The third-order valence-corrected chi connectivity index (χ3v) is 1.97. The number of hydrogen-bond acceptors (Lipinski definition) is 2. The Kier molecular flexibility index (Phi) is 1.54. The number of aryl methyl sites for hydroxylation is 1. The Balaban J connectivity index is 2.52. The highest BCUT2D eigenvalue weighted by Gasteiger charge is 2.09. The molecule has 1 heterocycles. The summed E-state index contributed by atoms with van der Waals surface area (Å²) in [4.78, 5) is 2.05. The highest BCUT2D eigenvalue weighted by Crippen LogP contribution is 2.31. The lowest BCUT2D eigenvalue weighted by atomic mass is 10.2. The second-order valence-corrected chi connectivity index (χ2v) is 2.99.